The first-order valence-electron chi connectivity index (χ1n) is 6.52. The smallest absolute Gasteiger partial charge is 0.151 e. The van der Waals surface area contributed by atoms with Gasteiger partial charge in [0, 0.05) is 11.1 Å². The minimum absolute atomic E-state index is 0.298. The molecule has 0 heterocycles. The Balaban J connectivity index is 2.44. The molecule has 112 valence electrons. The van der Waals surface area contributed by atoms with Gasteiger partial charge < -0.3 is 10.5 Å². The van der Waals surface area contributed by atoms with E-state index in [-0.39, 0.29) is 0 Å². The summed E-state index contributed by atoms with van der Waals surface area (Å²) in [5.41, 5.74) is 8.31. The molecule has 2 aromatic rings. The van der Waals surface area contributed by atoms with E-state index < -0.39 is 0 Å². The zero-order chi connectivity index (χ0) is 15.7. The van der Waals surface area contributed by atoms with Gasteiger partial charge in [-0.2, -0.15) is 0 Å². The van der Waals surface area contributed by atoms with Crippen LogP contribution < -0.4 is 10.5 Å². The molecule has 0 saturated carbocycles. The highest BCUT2D eigenvalue weighted by Gasteiger charge is 2.13. The highest BCUT2D eigenvalue weighted by atomic mass is 35.5. The minimum Gasteiger partial charge on any atom is -0.455 e. The van der Waals surface area contributed by atoms with E-state index in [9.17, 15) is 0 Å². The average molecular weight is 345 g/mol. The minimum atomic E-state index is 0.298. The van der Waals surface area contributed by atoms with Crippen LogP contribution in [0.15, 0.2) is 24.3 Å². The first-order chi connectivity index (χ1) is 9.79. The molecule has 2 nitrogen and oxygen atoms in total. The molecule has 0 radical (unpaired) electrons. The second kappa shape index (κ2) is 6.35. The third-order valence-electron chi connectivity index (χ3n) is 3.19. The molecule has 2 N–H and O–H groups in total. The van der Waals surface area contributed by atoms with E-state index in [1.165, 1.54) is 0 Å². The van der Waals surface area contributed by atoms with Gasteiger partial charge >= 0.3 is 0 Å². The van der Waals surface area contributed by atoms with Gasteiger partial charge in [-0.3, -0.25) is 0 Å². The molecule has 0 aliphatic rings. The summed E-state index contributed by atoms with van der Waals surface area (Å²) in [5, 5.41) is 1.53. The fraction of sp³-hybridized carbons (Fsp3) is 0.250. The number of benzene rings is 2. The predicted octanol–water partition coefficient (Wildman–Crippen LogP) is 6.45. The lowest BCUT2D eigenvalue weighted by molar-refractivity contribution is 0.480. The number of aryl methyl sites for hydroxylation is 1. The first-order valence-corrected chi connectivity index (χ1v) is 7.65. The lowest BCUT2D eigenvalue weighted by Gasteiger charge is -2.16. The molecule has 0 spiro atoms. The maximum Gasteiger partial charge on any atom is 0.151 e. The molecule has 0 fully saturated rings. The average Bonchev–Trinajstić information content (AvgIpc) is 2.38. The van der Waals surface area contributed by atoms with Crippen LogP contribution in [0.3, 0.4) is 0 Å². The molecule has 0 aliphatic heterocycles. The summed E-state index contributed by atoms with van der Waals surface area (Å²) in [6.07, 6.45) is 0. The van der Waals surface area contributed by atoms with Crippen LogP contribution in [-0.4, -0.2) is 0 Å². The van der Waals surface area contributed by atoms with Crippen molar-refractivity contribution in [2.24, 2.45) is 0 Å². The molecule has 0 aromatic heterocycles. The molecule has 5 heteroatoms. The van der Waals surface area contributed by atoms with E-state index in [0.29, 0.717) is 33.1 Å². The van der Waals surface area contributed by atoms with Crippen molar-refractivity contribution in [2.45, 2.75) is 26.7 Å². The van der Waals surface area contributed by atoms with Gasteiger partial charge in [-0.05, 0) is 42.2 Å². The van der Waals surface area contributed by atoms with Crippen LogP contribution in [0.2, 0.25) is 15.1 Å². The molecule has 2 aromatic carbocycles. The van der Waals surface area contributed by atoms with E-state index in [2.05, 4.69) is 13.8 Å². The molecule has 2 rings (SSSR count). The zero-order valence-electron chi connectivity index (χ0n) is 12.0. The Morgan fingerprint density at radius 1 is 0.905 bits per heavy atom. The van der Waals surface area contributed by atoms with Crippen molar-refractivity contribution >= 4 is 40.5 Å². The highest BCUT2D eigenvalue weighted by molar-refractivity contribution is 6.42. The SMILES string of the molecule is Cc1cc(Cl)c(C(C)C)cc1Oc1cc(Cl)c(Cl)cc1N. The fourth-order valence-electron chi connectivity index (χ4n) is 1.97. The van der Waals surface area contributed by atoms with Crippen LogP contribution in [0, 0.1) is 6.92 Å². The summed E-state index contributed by atoms with van der Waals surface area (Å²) in [4.78, 5) is 0. The Morgan fingerprint density at radius 3 is 2.14 bits per heavy atom. The molecule has 0 aliphatic carbocycles. The van der Waals surface area contributed by atoms with Crippen molar-refractivity contribution < 1.29 is 4.74 Å². The van der Waals surface area contributed by atoms with Crippen LogP contribution in [0.5, 0.6) is 11.5 Å². The number of anilines is 1. The van der Waals surface area contributed by atoms with Crippen molar-refractivity contribution in [3.8, 4) is 11.5 Å². The summed E-state index contributed by atoms with van der Waals surface area (Å²) < 4.78 is 5.89. The van der Waals surface area contributed by atoms with Gasteiger partial charge in [0.25, 0.3) is 0 Å². The van der Waals surface area contributed by atoms with Gasteiger partial charge in [-0.1, -0.05) is 48.7 Å². The summed E-state index contributed by atoms with van der Waals surface area (Å²) in [7, 11) is 0. The van der Waals surface area contributed by atoms with Crippen molar-refractivity contribution in [3.63, 3.8) is 0 Å². The third kappa shape index (κ3) is 3.57. The van der Waals surface area contributed by atoms with E-state index in [1.54, 1.807) is 12.1 Å². The van der Waals surface area contributed by atoms with Crippen molar-refractivity contribution in [3.05, 3.63) is 50.5 Å². The number of hydrogen-bond acceptors (Lipinski definition) is 2. The van der Waals surface area contributed by atoms with Gasteiger partial charge in [0.05, 0.1) is 15.7 Å². The zero-order valence-corrected chi connectivity index (χ0v) is 14.3. The van der Waals surface area contributed by atoms with Gasteiger partial charge in [0.2, 0.25) is 0 Å². The molecule has 21 heavy (non-hydrogen) atoms. The Hall–Kier alpha value is -1.09. The summed E-state index contributed by atoms with van der Waals surface area (Å²) in [6.45, 7) is 6.08. The third-order valence-corrected chi connectivity index (χ3v) is 4.24. The molecule has 0 amide bonds. The van der Waals surface area contributed by atoms with Gasteiger partial charge in [0.1, 0.15) is 5.75 Å². The monoisotopic (exact) mass is 343 g/mol. The quantitative estimate of drug-likeness (QED) is 0.649. The molecule has 0 bridgehead atoms. The van der Waals surface area contributed by atoms with Gasteiger partial charge in [0.15, 0.2) is 5.75 Å². The molecular formula is C16H16Cl3NO. The van der Waals surface area contributed by atoms with Crippen LogP contribution in [0.1, 0.15) is 30.9 Å². The molecule has 0 atom stereocenters. The lowest BCUT2D eigenvalue weighted by Crippen LogP contribution is -1.97. The van der Waals surface area contributed by atoms with Crippen LogP contribution in [-0.2, 0) is 0 Å². The Morgan fingerprint density at radius 2 is 1.52 bits per heavy atom. The normalized spacial score (nSPS) is 11.0. The maximum absolute atomic E-state index is 6.26. The number of halogens is 3. The van der Waals surface area contributed by atoms with Crippen molar-refractivity contribution in [1.82, 2.24) is 0 Å². The summed E-state index contributed by atoms with van der Waals surface area (Å²) >= 11 is 18.2. The second-order valence-corrected chi connectivity index (χ2v) is 6.42. The van der Waals surface area contributed by atoms with E-state index in [0.717, 1.165) is 16.1 Å². The van der Waals surface area contributed by atoms with Gasteiger partial charge in [-0.25, -0.2) is 0 Å². The summed E-state index contributed by atoms with van der Waals surface area (Å²) in [6, 6.07) is 7.01. The van der Waals surface area contributed by atoms with E-state index >= 15 is 0 Å². The molecular weight excluding hydrogens is 329 g/mol. The number of ether oxygens (including phenoxy) is 1. The topological polar surface area (TPSA) is 35.2 Å². The van der Waals surface area contributed by atoms with E-state index in [4.69, 9.17) is 45.3 Å². The Kier molecular flexibility index (Phi) is 4.92. The van der Waals surface area contributed by atoms with Gasteiger partial charge in [-0.15, -0.1) is 0 Å². The van der Waals surface area contributed by atoms with E-state index in [1.807, 2.05) is 19.1 Å². The second-order valence-electron chi connectivity index (χ2n) is 5.20. The number of rotatable bonds is 3. The molecule has 0 saturated heterocycles. The summed E-state index contributed by atoms with van der Waals surface area (Å²) in [5.74, 6) is 1.48. The molecule has 0 unspecified atom stereocenters. The fourth-order valence-corrected chi connectivity index (χ4v) is 2.73. The lowest BCUT2D eigenvalue weighted by atomic mass is 10.0. The number of hydrogen-bond donors (Lipinski definition) is 1. The van der Waals surface area contributed by atoms with Crippen molar-refractivity contribution in [2.75, 3.05) is 5.73 Å². The highest BCUT2D eigenvalue weighted by Crippen LogP contribution is 2.38. The first kappa shape index (κ1) is 16.3. The maximum atomic E-state index is 6.26. The Bertz CT molecular complexity index is 684. The van der Waals surface area contributed by atoms with Crippen LogP contribution in [0.4, 0.5) is 5.69 Å². The van der Waals surface area contributed by atoms with Crippen LogP contribution >= 0.6 is 34.8 Å². The van der Waals surface area contributed by atoms with Crippen molar-refractivity contribution in [1.29, 1.82) is 0 Å². The standard InChI is InChI=1S/C16H16Cl3NO/c1-8(2)10-5-15(9(3)4-11(10)17)21-16-7-13(19)12(18)6-14(16)20/h4-8H,20H2,1-3H3. The number of nitrogen functional groups attached to an aromatic ring is 1. The van der Waals surface area contributed by atoms with Crippen LogP contribution in [0.25, 0.3) is 0 Å². The largest absolute Gasteiger partial charge is 0.455 e. The number of nitrogens with two attached hydrogens (primary N) is 1. The Labute approximate surface area is 139 Å². The predicted molar refractivity (Wildman–Crippen MR) is 91.2 cm³/mol.